The van der Waals surface area contributed by atoms with Crippen molar-refractivity contribution in [3.63, 3.8) is 0 Å². The number of non-ortho nitro benzene ring substituents is 1. The molecule has 2 aliphatic rings. The summed E-state index contributed by atoms with van der Waals surface area (Å²) >= 11 is 0. The van der Waals surface area contributed by atoms with Crippen LogP contribution in [0.2, 0.25) is 0 Å². The summed E-state index contributed by atoms with van der Waals surface area (Å²) < 4.78 is 16.6. The van der Waals surface area contributed by atoms with Gasteiger partial charge in [-0.05, 0) is 60.9 Å². The molecular weight excluding hydrogens is 645 g/mol. The maximum Gasteiger partial charge on any atom is 0.416 e. The first-order chi connectivity index (χ1) is 22.7. The first-order valence-corrected chi connectivity index (χ1v) is 16.8. The molecule has 1 N–H and O–H groups in total. The average molecular weight is 675 g/mol. The number of hydrogen-bond donors (Lipinski definition) is 1. The van der Waals surface area contributed by atoms with Gasteiger partial charge in [-0.1, -0.05) is 33.7 Å². The summed E-state index contributed by atoms with van der Waals surface area (Å²) in [6, 6.07) is 18.0. The molecule has 3 heterocycles. The number of nitrogens with zero attached hydrogens (tertiary/aromatic N) is 4. The molecule has 0 radical (unpaired) electrons. The Hall–Kier alpha value is -4.79. The molecule has 4 aromatic rings. The maximum absolute atomic E-state index is 14.1. The number of aliphatic hydroxyl groups excluding tert-OH is 1. The highest BCUT2D eigenvalue weighted by atomic mass is 33.1. The summed E-state index contributed by atoms with van der Waals surface area (Å²) in [5.41, 5.74) is 2.80. The van der Waals surface area contributed by atoms with Gasteiger partial charge in [0.25, 0.3) is 11.6 Å². The number of nitro benzene ring substituents is 1. The second-order valence-electron chi connectivity index (χ2n) is 10.9. The number of methoxy groups -OCH3 is 2. The Morgan fingerprint density at radius 2 is 1.85 bits per heavy atom. The van der Waals surface area contributed by atoms with Gasteiger partial charge in [-0.2, -0.15) is 0 Å². The van der Waals surface area contributed by atoms with Gasteiger partial charge >= 0.3 is 6.09 Å². The van der Waals surface area contributed by atoms with E-state index in [-0.39, 0.29) is 41.0 Å². The molecule has 2 aliphatic heterocycles. The molecule has 14 heteroatoms. The topological polar surface area (TPSA) is 145 Å². The van der Waals surface area contributed by atoms with Gasteiger partial charge < -0.3 is 24.2 Å². The van der Waals surface area contributed by atoms with E-state index in [1.807, 2.05) is 37.3 Å². The summed E-state index contributed by atoms with van der Waals surface area (Å²) in [7, 11) is 5.71. The third-order valence-corrected chi connectivity index (χ3v) is 10.8. The molecule has 0 aliphatic carbocycles. The largest absolute Gasteiger partial charge is 0.493 e. The van der Waals surface area contributed by atoms with Crippen molar-refractivity contribution in [2.75, 3.05) is 25.7 Å². The number of carbonyl (C=O) groups excluding carboxylic acids is 2. The van der Waals surface area contributed by atoms with Gasteiger partial charge in [-0.15, -0.1) is 0 Å². The number of rotatable bonds is 9. The zero-order valence-electron chi connectivity index (χ0n) is 25.6. The zero-order valence-corrected chi connectivity index (χ0v) is 27.2. The van der Waals surface area contributed by atoms with Crippen molar-refractivity contribution < 1.29 is 33.8 Å². The molecule has 12 nitrogen and oxygen atoms in total. The molecule has 0 saturated carbocycles. The molecule has 1 aromatic heterocycles. The summed E-state index contributed by atoms with van der Waals surface area (Å²) in [6.07, 6.45) is 1.43. The summed E-state index contributed by atoms with van der Waals surface area (Å²) in [5.74, 6) is 0.149. The Labute approximate surface area is 277 Å². The Bertz CT molecular complexity index is 1890. The fourth-order valence-corrected chi connectivity index (χ4v) is 7.48. The van der Waals surface area contributed by atoms with Crippen LogP contribution in [0.1, 0.15) is 29.3 Å². The molecule has 0 unspecified atom stereocenters. The monoisotopic (exact) mass is 674 g/mol. The van der Waals surface area contributed by atoms with Gasteiger partial charge in [0.05, 0.1) is 42.0 Å². The minimum Gasteiger partial charge on any atom is -0.493 e. The second-order valence-corrected chi connectivity index (χ2v) is 13.6. The van der Waals surface area contributed by atoms with Crippen LogP contribution in [-0.2, 0) is 4.74 Å². The molecule has 2 amide bonds. The quantitative estimate of drug-likeness (QED) is 0.118. The Balaban J connectivity index is 1.25. The van der Waals surface area contributed by atoms with E-state index < -0.39 is 29.2 Å². The lowest BCUT2D eigenvalue weighted by molar-refractivity contribution is -0.384. The molecule has 47 heavy (non-hydrogen) atoms. The van der Waals surface area contributed by atoms with Crippen molar-refractivity contribution in [1.29, 1.82) is 0 Å². The van der Waals surface area contributed by atoms with Crippen LogP contribution in [0.5, 0.6) is 11.5 Å². The number of benzene rings is 3. The molecule has 6 rings (SSSR count). The van der Waals surface area contributed by atoms with Crippen LogP contribution >= 0.6 is 21.6 Å². The van der Waals surface area contributed by atoms with Crippen LogP contribution in [0.4, 0.5) is 16.2 Å². The van der Waals surface area contributed by atoms with Crippen molar-refractivity contribution in [3.8, 4) is 11.5 Å². The summed E-state index contributed by atoms with van der Waals surface area (Å²) in [6.45, 7) is 1.86. The number of pyridine rings is 1. The first kappa shape index (κ1) is 32.2. The highest BCUT2D eigenvalue weighted by Crippen LogP contribution is 2.43. The van der Waals surface area contributed by atoms with Gasteiger partial charge in [0.1, 0.15) is 6.61 Å². The second kappa shape index (κ2) is 13.5. The Morgan fingerprint density at radius 1 is 1.11 bits per heavy atom. The number of anilines is 1. The van der Waals surface area contributed by atoms with E-state index in [4.69, 9.17) is 14.2 Å². The van der Waals surface area contributed by atoms with Gasteiger partial charge in [0.15, 0.2) is 17.7 Å². The average Bonchev–Trinajstić information content (AvgIpc) is 3.52. The Kier molecular flexibility index (Phi) is 9.25. The fourth-order valence-electron chi connectivity index (χ4n) is 5.51. The van der Waals surface area contributed by atoms with E-state index in [0.717, 1.165) is 31.8 Å². The van der Waals surface area contributed by atoms with E-state index in [1.54, 1.807) is 24.5 Å². The molecule has 0 spiro atoms. The third-order valence-electron chi connectivity index (χ3n) is 7.88. The fraction of sp³-hybridized carbons (Fsp3) is 0.242. The number of hydrogen-bond acceptors (Lipinski definition) is 11. The normalized spacial score (nSPS) is 17.8. The van der Waals surface area contributed by atoms with Gasteiger partial charge in [0.2, 0.25) is 0 Å². The number of carbonyl (C=O) groups is 2. The highest BCUT2D eigenvalue weighted by Gasteiger charge is 2.46. The maximum atomic E-state index is 14.1. The lowest BCUT2D eigenvalue weighted by Crippen LogP contribution is -2.50. The minimum absolute atomic E-state index is 0.00283. The zero-order chi connectivity index (χ0) is 33.2. The van der Waals surface area contributed by atoms with E-state index in [0.29, 0.717) is 5.75 Å². The van der Waals surface area contributed by atoms with Crippen molar-refractivity contribution in [3.05, 3.63) is 100 Å². The molecule has 0 fully saturated rings. The third kappa shape index (κ3) is 6.44. The van der Waals surface area contributed by atoms with Crippen LogP contribution in [0, 0.1) is 10.1 Å². The lowest BCUT2D eigenvalue weighted by atomic mass is 9.99. The smallest absolute Gasteiger partial charge is 0.416 e. The van der Waals surface area contributed by atoms with Crippen LogP contribution < -0.4 is 14.4 Å². The standard InChI is InChI=1S/C33H30N4O8S2/c1-19(46-47-24-9-7-23(8-10-24)37(41)42)18-45-33(40)36-27-16-30(44-3)29(43-2)15-25(27)31(38)35-17-22(14-28(35)32(36)39)20-6-11-26-21(13-20)5-4-12-34-26/h4-13,15-17,19,28,32,39H,14,18H2,1-3H3/t19-,28+,32+/m1/s1. The van der Waals surface area contributed by atoms with Crippen molar-refractivity contribution in [2.45, 2.75) is 35.8 Å². The first-order valence-electron chi connectivity index (χ1n) is 14.5. The van der Waals surface area contributed by atoms with E-state index >= 15 is 0 Å². The molecule has 3 aromatic carbocycles. The molecule has 0 saturated heterocycles. The minimum atomic E-state index is -1.46. The van der Waals surface area contributed by atoms with E-state index in [2.05, 4.69) is 4.98 Å². The van der Waals surface area contributed by atoms with Crippen LogP contribution in [0.3, 0.4) is 0 Å². The highest BCUT2D eigenvalue weighted by molar-refractivity contribution is 8.76. The van der Waals surface area contributed by atoms with Gasteiger partial charge in [-0.25, -0.2) is 9.69 Å². The van der Waals surface area contributed by atoms with Crippen molar-refractivity contribution in [1.82, 2.24) is 9.88 Å². The van der Waals surface area contributed by atoms with Gasteiger partial charge in [-0.3, -0.25) is 19.9 Å². The number of nitro groups is 1. The van der Waals surface area contributed by atoms with Crippen LogP contribution in [0.25, 0.3) is 16.5 Å². The molecule has 0 bridgehead atoms. The molecular formula is C33H30N4O8S2. The summed E-state index contributed by atoms with van der Waals surface area (Å²) in [4.78, 5) is 46.1. The predicted octanol–water partition coefficient (Wildman–Crippen LogP) is 6.52. The number of fused-ring (bicyclic) bond motifs is 3. The van der Waals surface area contributed by atoms with Crippen molar-refractivity contribution >= 4 is 61.4 Å². The van der Waals surface area contributed by atoms with Crippen LogP contribution in [0.15, 0.2) is 84.0 Å². The predicted molar refractivity (Wildman–Crippen MR) is 180 cm³/mol. The molecule has 242 valence electrons. The number of aromatic nitrogens is 1. The van der Waals surface area contributed by atoms with Crippen LogP contribution in [-0.4, -0.2) is 70.3 Å². The lowest BCUT2D eigenvalue weighted by Gasteiger charge is -2.32. The number of ether oxygens (including phenoxy) is 3. The molecule has 3 atom stereocenters. The number of aliphatic hydroxyl groups is 1. The van der Waals surface area contributed by atoms with E-state index in [9.17, 15) is 24.8 Å². The Morgan fingerprint density at radius 3 is 2.57 bits per heavy atom. The summed E-state index contributed by atoms with van der Waals surface area (Å²) in [5, 5.41) is 23.5. The SMILES string of the molecule is COc1cc2c(cc1OC)N(C(=O)OC[C@@H](C)SSc1ccc([N+](=O)[O-])cc1)[C@@H](O)[C@@H]1CC(c3ccc4ncccc4c3)=CN1C2=O. The van der Waals surface area contributed by atoms with Gasteiger partial charge in [0, 0.05) is 46.1 Å². The van der Waals surface area contributed by atoms with E-state index in [1.165, 1.54) is 65.0 Å². The van der Waals surface area contributed by atoms with Crippen molar-refractivity contribution in [2.24, 2.45) is 0 Å². The number of amides is 2.